The molecule has 0 radical (unpaired) electrons. The lowest BCUT2D eigenvalue weighted by atomic mass is 10.3. The lowest BCUT2D eigenvalue weighted by Gasteiger charge is -2.12. The molecule has 0 bridgehead atoms. The zero-order valence-corrected chi connectivity index (χ0v) is 10.9. The first-order valence-corrected chi connectivity index (χ1v) is 5.93. The molecule has 0 aliphatic heterocycles. The monoisotopic (exact) mass is 260 g/mol. The lowest BCUT2D eigenvalue weighted by molar-refractivity contribution is 0.316. The highest BCUT2D eigenvalue weighted by Crippen LogP contribution is 2.34. The Morgan fingerprint density at radius 2 is 2.05 bits per heavy atom. The van der Waals surface area contributed by atoms with E-state index in [1.165, 1.54) is 0 Å². The summed E-state index contributed by atoms with van der Waals surface area (Å²) in [5.74, 6) is 2.11. The molecule has 1 aromatic heterocycles. The van der Waals surface area contributed by atoms with Crippen molar-refractivity contribution in [3.8, 4) is 23.1 Å². The first-order valence-electron chi connectivity index (χ1n) is 5.93. The number of nitrogens with zero attached hydrogens (tertiary/aromatic N) is 1. The maximum atomic E-state index is 5.87. The summed E-state index contributed by atoms with van der Waals surface area (Å²) in [6.45, 7) is 2.44. The standard InChI is InChI=1S/C14H16N2O3/c1-3-18-12-5-4-8-16-14(12)19-13-9-10(17-2)6-7-11(13)15/h4-9H,3,15H2,1-2H3. The Hall–Kier alpha value is -2.43. The molecule has 0 saturated carbocycles. The Bertz CT molecular complexity index is 558. The van der Waals surface area contributed by atoms with E-state index >= 15 is 0 Å². The van der Waals surface area contributed by atoms with Crippen molar-refractivity contribution in [3.63, 3.8) is 0 Å². The minimum Gasteiger partial charge on any atom is -0.497 e. The van der Waals surface area contributed by atoms with E-state index < -0.39 is 0 Å². The van der Waals surface area contributed by atoms with Crippen molar-refractivity contribution in [1.82, 2.24) is 4.98 Å². The number of nitrogen functional groups attached to an aromatic ring is 1. The lowest BCUT2D eigenvalue weighted by Crippen LogP contribution is -1.98. The topological polar surface area (TPSA) is 66.6 Å². The fraction of sp³-hybridized carbons (Fsp3) is 0.214. The summed E-state index contributed by atoms with van der Waals surface area (Å²) in [5.41, 5.74) is 6.38. The van der Waals surface area contributed by atoms with Gasteiger partial charge in [-0.25, -0.2) is 4.98 Å². The van der Waals surface area contributed by atoms with Crippen LogP contribution >= 0.6 is 0 Å². The van der Waals surface area contributed by atoms with Crippen molar-refractivity contribution in [2.45, 2.75) is 6.92 Å². The van der Waals surface area contributed by atoms with Crippen LogP contribution in [0.1, 0.15) is 6.92 Å². The summed E-state index contributed by atoms with van der Waals surface area (Å²) in [5, 5.41) is 0. The number of pyridine rings is 1. The number of hydrogen-bond acceptors (Lipinski definition) is 5. The molecule has 2 N–H and O–H groups in total. The van der Waals surface area contributed by atoms with Crippen molar-refractivity contribution in [2.75, 3.05) is 19.5 Å². The summed E-state index contributed by atoms with van der Waals surface area (Å²) in [6.07, 6.45) is 1.63. The summed E-state index contributed by atoms with van der Waals surface area (Å²) in [7, 11) is 1.59. The molecule has 0 atom stereocenters. The Balaban J connectivity index is 2.30. The first kappa shape index (κ1) is 13.0. The first-order chi connectivity index (χ1) is 9.24. The summed E-state index contributed by atoms with van der Waals surface area (Å²) >= 11 is 0. The minimum absolute atomic E-state index is 0.379. The molecule has 0 unspecified atom stereocenters. The van der Waals surface area contributed by atoms with Crippen molar-refractivity contribution in [3.05, 3.63) is 36.5 Å². The van der Waals surface area contributed by atoms with E-state index in [9.17, 15) is 0 Å². The molecule has 5 nitrogen and oxygen atoms in total. The number of hydrogen-bond donors (Lipinski definition) is 1. The molecule has 5 heteroatoms. The normalized spacial score (nSPS) is 10.0. The Morgan fingerprint density at radius 3 is 2.79 bits per heavy atom. The zero-order chi connectivity index (χ0) is 13.7. The van der Waals surface area contributed by atoms with Crippen molar-refractivity contribution in [1.29, 1.82) is 0 Å². The van der Waals surface area contributed by atoms with E-state index in [4.69, 9.17) is 19.9 Å². The van der Waals surface area contributed by atoms with E-state index in [1.807, 2.05) is 6.92 Å². The van der Waals surface area contributed by atoms with Gasteiger partial charge < -0.3 is 19.9 Å². The van der Waals surface area contributed by atoms with E-state index in [1.54, 1.807) is 43.6 Å². The van der Waals surface area contributed by atoms with E-state index in [0.29, 0.717) is 35.4 Å². The highest BCUT2D eigenvalue weighted by Gasteiger charge is 2.10. The molecule has 0 spiro atoms. The van der Waals surface area contributed by atoms with Gasteiger partial charge in [0.05, 0.1) is 19.4 Å². The van der Waals surface area contributed by atoms with Crippen molar-refractivity contribution < 1.29 is 14.2 Å². The van der Waals surface area contributed by atoms with Crippen molar-refractivity contribution in [2.24, 2.45) is 0 Å². The van der Waals surface area contributed by atoms with Gasteiger partial charge in [-0.15, -0.1) is 0 Å². The van der Waals surface area contributed by atoms with Gasteiger partial charge in [0, 0.05) is 12.3 Å². The molecule has 2 rings (SSSR count). The second kappa shape index (κ2) is 5.95. The highest BCUT2D eigenvalue weighted by atomic mass is 16.5. The number of nitrogens with two attached hydrogens (primary N) is 1. The van der Waals surface area contributed by atoms with Gasteiger partial charge in [0.1, 0.15) is 5.75 Å². The molecule has 2 aromatic rings. The number of methoxy groups -OCH3 is 1. The van der Waals surface area contributed by atoms with Gasteiger partial charge in [-0.3, -0.25) is 0 Å². The van der Waals surface area contributed by atoms with Gasteiger partial charge in [-0.2, -0.15) is 0 Å². The second-order valence-electron chi connectivity index (χ2n) is 3.75. The predicted octanol–water partition coefficient (Wildman–Crippen LogP) is 2.86. The van der Waals surface area contributed by atoms with Crippen LogP contribution in [0.4, 0.5) is 5.69 Å². The number of anilines is 1. The maximum Gasteiger partial charge on any atom is 0.262 e. The fourth-order valence-electron chi connectivity index (χ4n) is 1.55. The van der Waals surface area contributed by atoms with Gasteiger partial charge in [-0.05, 0) is 31.2 Å². The maximum absolute atomic E-state index is 5.87. The van der Waals surface area contributed by atoms with Crippen LogP contribution in [0, 0.1) is 0 Å². The van der Waals surface area contributed by atoms with Crippen LogP contribution in [0.15, 0.2) is 36.5 Å². The molecule has 0 fully saturated rings. The van der Waals surface area contributed by atoms with E-state index in [0.717, 1.165) is 0 Å². The predicted molar refractivity (Wildman–Crippen MR) is 72.9 cm³/mol. The molecule has 100 valence electrons. The molecule has 0 aliphatic rings. The minimum atomic E-state index is 0.379. The van der Waals surface area contributed by atoms with Crippen LogP contribution in [0.2, 0.25) is 0 Å². The molecular formula is C14H16N2O3. The van der Waals surface area contributed by atoms with E-state index in [-0.39, 0.29) is 0 Å². The summed E-state index contributed by atoms with van der Waals surface area (Å²) in [6, 6.07) is 8.77. The average molecular weight is 260 g/mol. The Labute approximate surface area is 111 Å². The number of benzene rings is 1. The quantitative estimate of drug-likeness (QED) is 0.837. The van der Waals surface area contributed by atoms with Crippen LogP contribution in [-0.2, 0) is 0 Å². The summed E-state index contributed by atoms with van der Waals surface area (Å²) < 4.78 is 16.3. The number of rotatable bonds is 5. The van der Waals surface area contributed by atoms with E-state index in [2.05, 4.69) is 4.98 Å². The van der Waals surface area contributed by atoms with Gasteiger partial charge in [0.25, 0.3) is 5.88 Å². The molecule has 0 aliphatic carbocycles. The van der Waals surface area contributed by atoms with Crippen LogP contribution in [0.3, 0.4) is 0 Å². The molecule has 0 amide bonds. The number of aromatic nitrogens is 1. The highest BCUT2D eigenvalue weighted by molar-refractivity contribution is 5.57. The third kappa shape index (κ3) is 3.07. The van der Waals surface area contributed by atoms with Crippen LogP contribution in [0.5, 0.6) is 23.1 Å². The average Bonchev–Trinajstić information content (AvgIpc) is 2.43. The zero-order valence-electron chi connectivity index (χ0n) is 10.9. The molecule has 1 heterocycles. The van der Waals surface area contributed by atoms with Crippen LogP contribution in [0.25, 0.3) is 0 Å². The molecule has 19 heavy (non-hydrogen) atoms. The van der Waals surface area contributed by atoms with Gasteiger partial charge in [0.15, 0.2) is 11.5 Å². The smallest absolute Gasteiger partial charge is 0.262 e. The van der Waals surface area contributed by atoms with Crippen molar-refractivity contribution >= 4 is 5.69 Å². The largest absolute Gasteiger partial charge is 0.497 e. The molecular weight excluding hydrogens is 244 g/mol. The molecule has 0 saturated heterocycles. The Morgan fingerprint density at radius 1 is 1.21 bits per heavy atom. The Kier molecular flexibility index (Phi) is 4.07. The van der Waals surface area contributed by atoms with Crippen LogP contribution < -0.4 is 19.9 Å². The number of ether oxygens (including phenoxy) is 3. The fourth-order valence-corrected chi connectivity index (χ4v) is 1.55. The summed E-state index contributed by atoms with van der Waals surface area (Å²) in [4.78, 5) is 4.15. The molecule has 1 aromatic carbocycles. The van der Waals surface area contributed by atoms with Gasteiger partial charge >= 0.3 is 0 Å². The van der Waals surface area contributed by atoms with Gasteiger partial charge in [-0.1, -0.05) is 0 Å². The van der Waals surface area contributed by atoms with Crippen LogP contribution in [-0.4, -0.2) is 18.7 Å². The third-order valence-corrected chi connectivity index (χ3v) is 2.46. The van der Waals surface area contributed by atoms with Gasteiger partial charge in [0.2, 0.25) is 0 Å². The third-order valence-electron chi connectivity index (χ3n) is 2.46. The SMILES string of the molecule is CCOc1cccnc1Oc1cc(OC)ccc1N. The second-order valence-corrected chi connectivity index (χ2v) is 3.75.